The van der Waals surface area contributed by atoms with Gasteiger partial charge in [-0.05, 0) is 67.3 Å². The van der Waals surface area contributed by atoms with E-state index in [1.54, 1.807) is 0 Å². The van der Waals surface area contributed by atoms with Crippen molar-refractivity contribution < 1.29 is 5.11 Å². The molecule has 1 heteroatoms. The van der Waals surface area contributed by atoms with Gasteiger partial charge in [-0.15, -0.1) is 0 Å². The fourth-order valence-electron chi connectivity index (χ4n) is 3.03. The first-order valence-corrected chi connectivity index (χ1v) is 7.89. The molecule has 1 aliphatic carbocycles. The van der Waals surface area contributed by atoms with Crippen LogP contribution in [0.25, 0.3) is 0 Å². The summed E-state index contributed by atoms with van der Waals surface area (Å²) in [6.07, 6.45) is 3.98. The average Bonchev–Trinajstić information content (AvgIpc) is 2.40. The van der Waals surface area contributed by atoms with Gasteiger partial charge in [0.1, 0.15) is 5.60 Å². The lowest BCUT2D eigenvalue weighted by Gasteiger charge is -2.28. The Bertz CT molecular complexity index is 633. The molecule has 3 rings (SSSR count). The molecule has 0 aromatic heterocycles. The van der Waals surface area contributed by atoms with E-state index in [2.05, 4.69) is 50.2 Å². The van der Waals surface area contributed by atoms with Crippen LogP contribution in [-0.4, -0.2) is 5.11 Å². The third-order valence-electron chi connectivity index (χ3n) is 5.12. The second-order valence-corrected chi connectivity index (χ2v) is 6.62. The smallest absolute Gasteiger partial charge is 0.112 e. The minimum Gasteiger partial charge on any atom is -0.381 e. The van der Waals surface area contributed by atoms with Crippen LogP contribution in [0.1, 0.15) is 59.9 Å². The van der Waals surface area contributed by atoms with Crippen LogP contribution in [0.2, 0.25) is 0 Å². The van der Waals surface area contributed by atoms with Gasteiger partial charge < -0.3 is 5.11 Å². The quantitative estimate of drug-likeness (QED) is 0.854. The van der Waals surface area contributed by atoms with Crippen molar-refractivity contribution >= 4 is 0 Å². The molecule has 2 aromatic carbocycles. The Morgan fingerprint density at radius 3 is 2.05 bits per heavy atom. The Morgan fingerprint density at radius 1 is 0.905 bits per heavy atom. The zero-order valence-electron chi connectivity index (χ0n) is 13.2. The van der Waals surface area contributed by atoms with E-state index in [0.29, 0.717) is 0 Å². The summed E-state index contributed by atoms with van der Waals surface area (Å²) in [6, 6.07) is 14.8. The fraction of sp³-hybridized carbons (Fsp3) is 0.400. The van der Waals surface area contributed by atoms with Crippen molar-refractivity contribution in [2.75, 3.05) is 0 Å². The monoisotopic (exact) mass is 280 g/mol. The Morgan fingerprint density at radius 2 is 1.52 bits per heavy atom. The fourth-order valence-corrected chi connectivity index (χ4v) is 3.03. The molecular formula is C20H24O. The summed E-state index contributed by atoms with van der Waals surface area (Å²) in [6.45, 7) is 6.07. The Kier molecular flexibility index (Phi) is 3.62. The van der Waals surface area contributed by atoms with Gasteiger partial charge in [-0.3, -0.25) is 0 Å². The number of hydrogen-bond donors (Lipinski definition) is 1. The van der Waals surface area contributed by atoms with E-state index in [-0.39, 0.29) is 0 Å². The maximum atomic E-state index is 11.0. The van der Waals surface area contributed by atoms with Crippen molar-refractivity contribution in [2.24, 2.45) is 0 Å². The average molecular weight is 280 g/mol. The molecule has 0 aliphatic heterocycles. The van der Waals surface area contributed by atoms with Gasteiger partial charge in [0.15, 0.2) is 0 Å². The summed E-state index contributed by atoms with van der Waals surface area (Å²) in [5, 5.41) is 11.0. The third-order valence-corrected chi connectivity index (χ3v) is 5.12. The molecule has 1 aliphatic rings. The van der Waals surface area contributed by atoms with Gasteiger partial charge in [0.05, 0.1) is 0 Å². The molecule has 0 amide bonds. The minimum atomic E-state index is -0.934. The first-order chi connectivity index (χ1) is 9.98. The van der Waals surface area contributed by atoms with Crippen molar-refractivity contribution in [3.8, 4) is 0 Å². The zero-order chi connectivity index (χ0) is 15.0. The molecule has 0 bridgehead atoms. The molecule has 0 heterocycles. The van der Waals surface area contributed by atoms with Crippen LogP contribution in [0.3, 0.4) is 0 Å². The van der Waals surface area contributed by atoms with E-state index < -0.39 is 5.60 Å². The van der Waals surface area contributed by atoms with E-state index >= 15 is 0 Å². The standard InChI is InChI=1S/C20H24O/c1-14-7-10-19(13-15(14)2)20(3,21)18-11-8-17(9-12-18)16-5-4-6-16/h7-13,16,21H,4-6H2,1-3H3. The summed E-state index contributed by atoms with van der Waals surface area (Å²) in [5.74, 6) is 0.741. The molecule has 1 unspecified atom stereocenters. The van der Waals surface area contributed by atoms with Crippen LogP contribution in [0, 0.1) is 13.8 Å². The molecule has 1 atom stereocenters. The van der Waals surface area contributed by atoms with E-state index in [1.807, 2.05) is 13.0 Å². The molecule has 110 valence electrons. The molecule has 1 N–H and O–H groups in total. The molecular weight excluding hydrogens is 256 g/mol. The molecule has 1 fully saturated rings. The molecule has 1 saturated carbocycles. The largest absolute Gasteiger partial charge is 0.381 e. The normalized spacial score (nSPS) is 18.1. The van der Waals surface area contributed by atoms with Crippen molar-refractivity contribution in [3.05, 3.63) is 70.3 Å². The van der Waals surface area contributed by atoms with Gasteiger partial charge in [0, 0.05) is 0 Å². The zero-order valence-corrected chi connectivity index (χ0v) is 13.2. The molecule has 0 spiro atoms. The highest BCUT2D eigenvalue weighted by Gasteiger charge is 2.26. The second kappa shape index (κ2) is 5.31. The van der Waals surface area contributed by atoms with E-state index in [1.165, 1.54) is 36.0 Å². The summed E-state index contributed by atoms with van der Waals surface area (Å²) in [4.78, 5) is 0. The van der Waals surface area contributed by atoms with Crippen LogP contribution in [-0.2, 0) is 5.60 Å². The van der Waals surface area contributed by atoms with Gasteiger partial charge in [0.2, 0.25) is 0 Å². The van der Waals surface area contributed by atoms with Gasteiger partial charge in [-0.1, -0.05) is 48.9 Å². The first kappa shape index (κ1) is 14.3. The molecule has 0 radical (unpaired) electrons. The van der Waals surface area contributed by atoms with Crippen molar-refractivity contribution in [1.82, 2.24) is 0 Å². The highest BCUT2D eigenvalue weighted by atomic mass is 16.3. The summed E-state index contributed by atoms with van der Waals surface area (Å²) in [5.41, 5.74) is 4.89. The number of rotatable bonds is 3. The lowest BCUT2D eigenvalue weighted by atomic mass is 9.79. The first-order valence-electron chi connectivity index (χ1n) is 7.89. The van der Waals surface area contributed by atoms with Crippen LogP contribution >= 0.6 is 0 Å². The number of aliphatic hydroxyl groups is 1. The third kappa shape index (κ3) is 2.63. The molecule has 1 nitrogen and oxygen atoms in total. The Hall–Kier alpha value is -1.60. The predicted octanol–water partition coefficient (Wildman–Crippen LogP) is 4.83. The van der Waals surface area contributed by atoms with Gasteiger partial charge in [0.25, 0.3) is 0 Å². The van der Waals surface area contributed by atoms with Crippen molar-refractivity contribution in [2.45, 2.75) is 51.6 Å². The summed E-state index contributed by atoms with van der Waals surface area (Å²) < 4.78 is 0. The highest BCUT2D eigenvalue weighted by Crippen LogP contribution is 2.37. The maximum absolute atomic E-state index is 11.0. The predicted molar refractivity (Wildman–Crippen MR) is 87.6 cm³/mol. The van der Waals surface area contributed by atoms with E-state index in [9.17, 15) is 5.11 Å². The Balaban J connectivity index is 1.91. The van der Waals surface area contributed by atoms with E-state index in [4.69, 9.17) is 0 Å². The summed E-state index contributed by atoms with van der Waals surface area (Å²) >= 11 is 0. The van der Waals surface area contributed by atoms with Crippen LogP contribution in [0.5, 0.6) is 0 Å². The van der Waals surface area contributed by atoms with Gasteiger partial charge in [-0.2, -0.15) is 0 Å². The van der Waals surface area contributed by atoms with Gasteiger partial charge >= 0.3 is 0 Å². The number of hydrogen-bond acceptors (Lipinski definition) is 1. The lowest BCUT2D eigenvalue weighted by Crippen LogP contribution is -2.23. The highest BCUT2D eigenvalue weighted by molar-refractivity contribution is 5.40. The van der Waals surface area contributed by atoms with Crippen LogP contribution < -0.4 is 0 Å². The van der Waals surface area contributed by atoms with Crippen molar-refractivity contribution in [1.29, 1.82) is 0 Å². The Labute approximate surface area is 127 Å². The van der Waals surface area contributed by atoms with Crippen LogP contribution in [0.15, 0.2) is 42.5 Å². The molecule has 2 aromatic rings. The SMILES string of the molecule is Cc1ccc(C(C)(O)c2ccc(C3CCC3)cc2)cc1C. The minimum absolute atomic E-state index is 0.741. The second-order valence-electron chi connectivity index (χ2n) is 6.62. The maximum Gasteiger partial charge on any atom is 0.112 e. The van der Waals surface area contributed by atoms with Gasteiger partial charge in [-0.25, -0.2) is 0 Å². The number of benzene rings is 2. The number of aryl methyl sites for hydroxylation is 2. The summed E-state index contributed by atoms with van der Waals surface area (Å²) in [7, 11) is 0. The molecule has 21 heavy (non-hydrogen) atoms. The lowest BCUT2D eigenvalue weighted by molar-refractivity contribution is 0.102. The van der Waals surface area contributed by atoms with Crippen LogP contribution in [0.4, 0.5) is 0 Å². The molecule has 0 saturated heterocycles. The van der Waals surface area contributed by atoms with Crippen molar-refractivity contribution in [3.63, 3.8) is 0 Å². The van der Waals surface area contributed by atoms with E-state index in [0.717, 1.165) is 17.0 Å². The topological polar surface area (TPSA) is 20.2 Å².